The number of rotatable bonds is 6. The third kappa shape index (κ3) is 4.56. The zero-order chi connectivity index (χ0) is 15.1. The van der Waals surface area contributed by atoms with Crippen molar-refractivity contribution in [2.45, 2.75) is 25.9 Å². The molecule has 0 aromatic carbocycles. The number of carbonyl (C=O) groups is 1. The van der Waals surface area contributed by atoms with Gasteiger partial charge in [0.15, 0.2) is 0 Å². The van der Waals surface area contributed by atoms with Crippen LogP contribution in [-0.4, -0.2) is 60.3 Å². The number of carbonyl (C=O) groups excluding carboxylic acids is 1. The first kappa shape index (κ1) is 15.5. The largest absolute Gasteiger partial charge is 0.472 e. The minimum Gasteiger partial charge on any atom is -0.472 e. The van der Waals surface area contributed by atoms with Crippen molar-refractivity contribution in [3.05, 3.63) is 12.3 Å². The van der Waals surface area contributed by atoms with Crippen molar-refractivity contribution in [3.63, 3.8) is 0 Å². The highest BCUT2D eigenvalue weighted by Crippen LogP contribution is 2.18. The van der Waals surface area contributed by atoms with Crippen LogP contribution in [0.25, 0.3) is 0 Å². The van der Waals surface area contributed by atoms with E-state index in [1.165, 1.54) is 7.11 Å². The highest BCUT2D eigenvalue weighted by molar-refractivity contribution is 5.77. The van der Waals surface area contributed by atoms with Crippen LogP contribution in [0.3, 0.4) is 0 Å². The van der Waals surface area contributed by atoms with Crippen LogP contribution in [0.5, 0.6) is 11.9 Å². The van der Waals surface area contributed by atoms with Crippen molar-refractivity contribution in [2.24, 2.45) is 0 Å². The van der Waals surface area contributed by atoms with Crippen LogP contribution in [-0.2, 0) is 9.53 Å². The molecule has 1 aliphatic heterocycles. The lowest BCUT2D eigenvalue weighted by molar-refractivity contribution is -0.138. The van der Waals surface area contributed by atoms with Gasteiger partial charge in [0.25, 0.3) is 0 Å². The summed E-state index contributed by atoms with van der Waals surface area (Å²) in [5.41, 5.74) is 0. The lowest BCUT2D eigenvalue weighted by Crippen LogP contribution is -2.45. The Bertz CT molecular complexity index is 469. The molecule has 0 radical (unpaired) electrons. The van der Waals surface area contributed by atoms with Gasteiger partial charge in [0.05, 0.1) is 13.7 Å². The lowest BCUT2D eigenvalue weighted by Gasteiger charge is -2.32. The molecule has 1 saturated heterocycles. The number of piperidine rings is 1. The molecular weight excluding hydrogens is 274 g/mol. The van der Waals surface area contributed by atoms with Gasteiger partial charge in [-0.05, 0) is 19.8 Å². The van der Waals surface area contributed by atoms with Gasteiger partial charge >= 0.3 is 6.01 Å². The molecule has 0 saturated carbocycles. The number of hydrogen-bond donors (Lipinski definition) is 0. The van der Waals surface area contributed by atoms with Crippen LogP contribution in [0.1, 0.15) is 19.8 Å². The van der Waals surface area contributed by atoms with Crippen molar-refractivity contribution in [1.29, 1.82) is 0 Å². The molecular formula is C14H21N3O4. The molecule has 1 atom stereocenters. The molecule has 7 heteroatoms. The van der Waals surface area contributed by atoms with Gasteiger partial charge in [0, 0.05) is 25.4 Å². The molecule has 7 nitrogen and oxygen atoms in total. The van der Waals surface area contributed by atoms with E-state index in [0.29, 0.717) is 19.0 Å². The number of aromatic nitrogens is 2. The van der Waals surface area contributed by atoms with Crippen molar-refractivity contribution in [3.8, 4) is 11.9 Å². The smallest absolute Gasteiger partial charge is 0.319 e. The maximum atomic E-state index is 12.0. The summed E-state index contributed by atoms with van der Waals surface area (Å²) in [5.74, 6) is 0.469. The van der Waals surface area contributed by atoms with Crippen molar-refractivity contribution in [2.75, 3.05) is 33.4 Å². The van der Waals surface area contributed by atoms with E-state index in [2.05, 4.69) is 9.97 Å². The second-order valence-corrected chi connectivity index (χ2v) is 4.74. The first-order chi connectivity index (χ1) is 10.2. The Labute approximate surface area is 124 Å². The van der Waals surface area contributed by atoms with Gasteiger partial charge < -0.3 is 19.1 Å². The van der Waals surface area contributed by atoms with Crippen LogP contribution < -0.4 is 9.47 Å². The van der Waals surface area contributed by atoms with E-state index < -0.39 is 0 Å². The van der Waals surface area contributed by atoms with Crippen LogP contribution in [0.2, 0.25) is 0 Å². The van der Waals surface area contributed by atoms with Gasteiger partial charge in [-0.15, -0.1) is 0 Å². The minimum absolute atomic E-state index is 0.00502. The average Bonchev–Trinajstić information content (AvgIpc) is 2.53. The van der Waals surface area contributed by atoms with Gasteiger partial charge in [0.2, 0.25) is 11.8 Å². The molecule has 1 aromatic heterocycles. The number of ether oxygens (including phenoxy) is 3. The van der Waals surface area contributed by atoms with E-state index in [0.717, 1.165) is 19.4 Å². The molecule has 0 aliphatic carbocycles. The standard InChI is InChI=1S/C14H21N3O4/c1-3-20-10-13(18)17-8-4-5-11(9-17)21-12-6-7-15-14(16-12)19-2/h6-7,11H,3-5,8-10H2,1-2H3. The molecule has 1 fully saturated rings. The van der Waals surface area contributed by atoms with Crippen LogP contribution in [0.15, 0.2) is 12.3 Å². The highest BCUT2D eigenvalue weighted by atomic mass is 16.5. The van der Waals surface area contributed by atoms with Crippen molar-refractivity contribution < 1.29 is 19.0 Å². The fraction of sp³-hybridized carbons (Fsp3) is 0.643. The third-order valence-corrected chi connectivity index (χ3v) is 3.24. The fourth-order valence-corrected chi connectivity index (χ4v) is 2.20. The summed E-state index contributed by atoms with van der Waals surface area (Å²) in [7, 11) is 1.51. The van der Waals surface area contributed by atoms with Gasteiger partial charge in [-0.2, -0.15) is 4.98 Å². The average molecular weight is 295 g/mol. The highest BCUT2D eigenvalue weighted by Gasteiger charge is 2.25. The van der Waals surface area contributed by atoms with Gasteiger partial charge in [-0.25, -0.2) is 4.98 Å². The summed E-state index contributed by atoms with van der Waals surface area (Å²) in [6, 6.07) is 1.95. The normalized spacial score (nSPS) is 18.4. The Morgan fingerprint density at radius 3 is 3.14 bits per heavy atom. The molecule has 1 unspecified atom stereocenters. The van der Waals surface area contributed by atoms with E-state index in [4.69, 9.17) is 14.2 Å². The lowest BCUT2D eigenvalue weighted by atomic mass is 10.1. The molecule has 1 aromatic rings. The number of nitrogens with zero attached hydrogens (tertiary/aromatic N) is 3. The summed E-state index contributed by atoms with van der Waals surface area (Å²) < 4.78 is 15.9. The third-order valence-electron chi connectivity index (χ3n) is 3.24. The Morgan fingerprint density at radius 2 is 2.38 bits per heavy atom. The molecule has 0 N–H and O–H groups in total. The Kier molecular flexibility index (Phi) is 5.74. The molecule has 0 spiro atoms. The quantitative estimate of drug-likeness (QED) is 0.776. The van der Waals surface area contributed by atoms with E-state index >= 15 is 0 Å². The first-order valence-electron chi connectivity index (χ1n) is 7.12. The molecule has 116 valence electrons. The molecule has 1 aliphatic rings. The molecule has 0 bridgehead atoms. The van der Waals surface area contributed by atoms with Gasteiger partial charge in [0.1, 0.15) is 12.7 Å². The first-order valence-corrected chi connectivity index (χ1v) is 7.12. The predicted octanol–water partition coefficient (Wildman–Crippen LogP) is 0.892. The number of likely N-dealkylation sites (tertiary alicyclic amines) is 1. The summed E-state index contributed by atoms with van der Waals surface area (Å²) >= 11 is 0. The van der Waals surface area contributed by atoms with E-state index in [-0.39, 0.29) is 24.6 Å². The summed E-state index contributed by atoms with van der Waals surface area (Å²) in [6.45, 7) is 3.85. The van der Waals surface area contributed by atoms with Crippen LogP contribution >= 0.6 is 0 Å². The van der Waals surface area contributed by atoms with Crippen LogP contribution in [0, 0.1) is 0 Å². The second kappa shape index (κ2) is 7.78. The predicted molar refractivity (Wildman–Crippen MR) is 75.3 cm³/mol. The Balaban J connectivity index is 1.90. The maximum Gasteiger partial charge on any atom is 0.319 e. The van der Waals surface area contributed by atoms with E-state index in [1.54, 1.807) is 17.2 Å². The number of methoxy groups -OCH3 is 1. The topological polar surface area (TPSA) is 73.8 Å². The van der Waals surface area contributed by atoms with E-state index in [1.807, 2.05) is 6.92 Å². The molecule has 2 rings (SSSR count). The van der Waals surface area contributed by atoms with Crippen molar-refractivity contribution >= 4 is 5.91 Å². The number of amides is 1. The number of hydrogen-bond acceptors (Lipinski definition) is 6. The SMILES string of the molecule is CCOCC(=O)N1CCCC(Oc2ccnc(OC)n2)C1. The molecule has 2 heterocycles. The zero-order valence-corrected chi connectivity index (χ0v) is 12.4. The Hall–Kier alpha value is -1.89. The summed E-state index contributed by atoms with van der Waals surface area (Å²) in [5, 5.41) is 0. The van der Waals surface area contributed by atoms with Gasteiger partial charge in [-0.3, -0.25) is 4.79 Å². The minimum atomic E-state index is -0.0658. The summed E-state index contributed by atoms with van der Waals surface area (Å²) in [6.07, 6.45) is 3.32. The molecule has 1 amide bonds. The van der Waals surface area contributed by atoms with Crippen LogP contribution in [0.4, 0.5) is 0 Å². The summed E-state index contributed by atoms with van der Waals surface area (Å²) in [4.78, 5) is 21.8. The van der Waals surface area contributed by atoms with E-state index in [9.17, 15) is 4.79 Å². The zero-order valence-electron chi connectivity index (χ0n) is 12.4. The monoisotopic (exact) mass is 295 g/mol. The Morgan fingerprint density at radius 1 is 1.52 bits per heavy atom. The van der Waals surface area contributed by atoms with Crippen molar-refractivity contribution in [1.82, 2.24) is 14.9 Å². The fourth-order valence-electron chi connectivity index (χ4n) is 2.20. The molecule has 21 heavy (non-hydrogen) atoms. The van der Waals surface area contributed by atoms with Gasteiger partial charge in [-0.1, -0.05) is 0 Å². The maximum absolute atomic E-state index is 12.0. The second-order valence-electron chi connectivity index (χ2n) is 4.74.